The number of ether oxygens (including phenoxy) is 1. The van der Waals surface area contributed by atoms with Gasteiger partial charge in [0.05, 0.1) is 17.3 Å². The van der Waals surface area contributed by atoms with Gasteiger partial charge in [-0.2, -0.15) is 5.10 Å². The number of amides is 1. The Labute approximate surface area is 236 Å². The Kier molecular flexibility index (Phi) is 6.40. The van der Waals surface area contributed by atoms with Crippen LogP contribution in [0.1, 0.15) is 88.3 Å². The van der Waals surface area contributed by atoms with E-state index in [1.165, 1.54) is 16.7 Å². The number of hydrogen-bond acceptors (Lipinski definition) is 5. The fraction of sp³-hybridized carbons (Fsp3) is 0.364. The first-order valence-corrected chi connectivity index (χ1v) is 14.1. The Morgan fingerprint density at radius 1 is 1.00 bits per heavy atom. The zero-order valence-corrected chi connectivity index (χ0v) is 23.9. The molecule has 1 saturated carbocycles. The SMILES string of the molecule is CC1=C(C)C2=NC(c3ccc(C4(NC(=O)OC(C)(C)C)CCC4)cc3)C(c3ccccc3)N2C=C1c1ccn[nH]1. The lowest BCUT2D eigenvalue weighted by molar-refractivity contribution is 0.0377. The number of nitrogens with zero attached hydrogens (tertiary/aromatic N) is 3. The van der Waals surface area contributed by atoms with Gasteiger partial charge in [0.25, 0.3) is 0 Å². The molecule has 1 fully saturated rings. The van der Waals surface area contributed by atoms with E-state index in [1.54, 1.807) is 6.20 Å². The summed E-state index contributed by atoms with van der Waals surface area (Å²) in [5.74, 6) is 1.01. The monoisotopic (exact) mass is 535 g/mol. The van der Waals surface area contributed by atoms with E-state index < -0.39 is 5.60 Å². The second kappa shape index (κ2) is 9.81. The topological polar surface area (TPSA) is 82.6 Å². The van der Waals surface area contributed by atoms with Gasteiger partial charge in [-0.25, -0.2) is 4.79 Å². The zero-order chi connectivity index (χ0) is 28.1. The summed E-state index contributed by atoms with van der Waals surface area (Å²) in [5.41, 5.74) is 7.06. The van der Waals surface area contributed by atoms with Gasteiger partial charge in [0.1, 0.15) is 17.5 Å². The quantitative estimate of drug-likeness (QED) is 0.362. The predicted octanol–water partition coefficient (Wildman–Crippen LogP) is 7.20. The standard InChI is InChI=1S/C33H37N5O2/c1-21-22(2)30-35-28(29(24-10-7-6-8-11-24)38(30)20-26(21)27-16-19-34-37-27)23-12-14-25(15-13-23)33(17-9-18-33)36-31(39)40-32(3,4)5/h6-8,10-16,19-20,28-29H,9,17-18H2,1-5H3,(H,34,37)(H,36,39). The van der Waals surface area contributed by atoms with Crippen LogP contribution >= 0.6 is 0 Å². The van der Waals surface area contributed by atoms with Crippen LogP contribution in [0.5, 0.6) is 0 Å². The van der Waals surface area contributed by atoms with Crippen LogP contribution in [0.3, 0.4) is 0 Å². The molecule has 0 saturated heterocycles. The van der Waals surface area contributed by atoms with E-state index in [0.29, 0.717) is 0 Å². The normalized spacial score (nSPS) is 21.8. The molecule has 2 aliphatic heterocycles. The van der Waals surface area contributed by atoms with Crippen LogP contribution in [0, 0.1) is 0 Å². The molecule has 2 atom stereocenters. The molecule has 7 heteroatoms. The van der Waals surface area contributed by atoms with Gasteiger partial charge in [0, 0.05) is 18.0 Å². The van der Waals surface area contributed by atoms with E-state index in [2.05, 4.69) is 95.1 Å². The Bertz CT molecular complexity index is 1490. The van der Waals surface area contributed by atoms with E-state index in [9.17, 15) is 4.79 Å². The predicted molar refractivity (Wildman–Crippen MR) is 157 cm³/mol. The molecule has 1 aliphatic carbocycles. The van der Waals surface area contributed by atoms with Crippen molar-refractivity contribution in [3.8, 4) is 0 Å². The van der Waals surface area contributed by atoms with E-state index in [0.717, 1.165) is 47.5 Å². The Morgan fingerprint density at radius 3 is 2.33 bits per heavy atom. The average molecular weight is 536 g/mol. The summed E-state index contributed by atoms with van der Waals surface area (Å²) in [7, 11) is 0. The lowest BCUT2D eigenvalue weighted by atomic mass is 9.71. The van der Waals surface area contributed by atoms with E-state index in [1.807, 2.05) is 26.8 Å². The number of carbonyl (C=O) groups is 1. The van der Waals surface area contributed by atoms with Crippen molar-refractivity contribution >= 4 is 17.5 Å². The van der Waals surface area contributed by atoms with Gasteiger partial charge < -0.3 is 15.0 Å². The number of hydrogen-bond donors (Lipinski definition) is 2. The van der Waals surface area contributed by atoms with Crippen LogP contribution in [-0.2, 0) is 10.3 Å². The van der Waals surface area contributed by atoms with E-state index >= 15 is 0 Å². The zero-order valence-electron chi connectivity index (χ0n) is 23.9. The third kappa shape index (κ3) is 4.63. The first-order chi connectivity index (χ1) is 19.2. The van der Waals surface area contributed by atoms with Crippen molar-refractivity contribution in [1.82, 2.24) is 20.4 Å². The Balaban J connectivity index is 1.35. The molecule has 1 amide bonds. The third-order valence-electron chi connectivity index (χ3n) is 8.36. The fourth-order valence-electron chi connectivity index (χ4n) is 6.03. The van der Waals surface area contributed by atoms with Gasteiger partial charge >= 0.3 is 6.09 Å². The van der Waals surface area contributed by atoms with Crippen molar-refractivity contribution in [3.63, 3.8) is 0 Å². The number of amidine groups is 1. The summed E-state index contributed by atoms with van der Waals surface area (Å²) in [4.78, 5) is 20.3. The number of allylic oxidation sites excluding steroid dienone is 2. The molecule has 2 aromatic carbocycles. The average Bonchev–Trinajstić information content (AvgIpc) is 3.56. The van der Waals surface area contributed by atoms with Crippen LogP contribution < -0.4 is 5.32 Å². The van der Waals surface area contributed by atoms with Crippen molar-refractivity contribution < 1.29 is 9.53 Å². The van der Waals surface area contributed by atoms with Crippen LogP contribution in [0.15, 0.2) is 89.2 Å². The first-order valence-electron chi connectivity index (χ1n) is 14.1. The van der Waals surface area contributed by atoms with Crippen LogP contribution in [0.25, 0.3) is 5.57 Å². The van der Waals surface area contributed by atoms with E-state index in [-0.39, 0.29) is 23.7 Å². The maximum absolute atomic E-state index is 12.7. The number of aliphatic imine (C=N–C) groups is 1. The summed E-state index contributed by atoms with van der Waals surface area (Å²) in [6.45, 7) is 9.97. The fourth-order valence-corrected chi connectivity index (χ4v) is 6.03. The number of fused-ring (bicyclic) bond motifs is 1. The van der Waals surface area contributed by atoms with Crippen molar-refractivity contribution in [2.75, 3.05) is 0 Å². The molecule has 206 valence electrons. The molecule has 40 heavy (non-hydrogen) atoms. The third-order valence-corrected chi connectivity index (χ3v) is 8.36. The largest absolute Gasteiger partial charge is 0.444 e. The van der Waals surface area contributed by atoms with Gasteiger partial charge in [-0.3, -0.25) is 10.1 Å². The first kappa shape index (κ1) is 26.1. The lowest BCUT2D eigenvalue weighted by Crippen LogP contribution is -2.52. The van der Waals surface area contributed by atoms with Crippen LogP contribution in [0.2, 0.25) is 0 Å². The highest BCUT2D eigenvalue weighted by atomic mass is 16.6. The number of carbonyl (C=O) groups excluding carboxylic acids is 1. The molecule has 2 unspecified atom stereocenters. The number of nitrogens with one attached hydrogen (secondary N) is 2. The summed E-state index contributed by atoms with van der Waals surface area (Å²) < 4.78 is 5.58. The minimum absolute atomic E-state index is 0.0144. The summed E-state index contributed by atoms with van der Waals surface area (Å²) in [5, 5.41) is 10.5. The van der Waals surface area contributed by atoms with Crippen molar-refractivity contribution in [2.45, 2.75) is 77.1 Å². The Morgan fingerprint density at radius 2 is 1.73 bits per heavy atom. The van der Waals surface area contributed by atoms with Crippen molar-refractivity contribution in [2.24, 2.45) is 4.99 Å². The number of alkyl carbamates (subject to hydrolysis) is 1. The highest BCUT2D eigenvalue weighted by molar-refractivity contribution is 6.06. The molecule has 7 nitrogen and oxygen atoms in total. The highest BCUT2D eigenvalue weighted by Gasteiger charge is 2.43. The van der Waals surface area contributed by atoms with Gasteiger partial charge in [0.15, 0.2) is 0 Å². The molecule has 6 rings (SSSR count). The maximum Gasteiger partial charge on any atom is 0.408 e. The minimum Gasteiger partial charge on any atom is -0.444 e. The number of aromatic nitrogens is 2. The lowest BCUT2D eigenvalue weighted by Gasteiger charge is -2.43. The Hall–Kier alpha value is -4.13. The summed E-state index contributed by atoms with van der Waals surface area (Å²) in [6, 6.07) is 21.2. The van der Waals surface area contributed by atoms with Gasteiger partial charge in [-0.1, -0.05) is 54.6 Å². The molecule has 2 N–H and O–H groups in total. The number of H-pyrrole nitrogens is 1. The highest BCUT2D eigenvalue weighted by Crippen LogP contribution is 2.48. The number of rotatable bonds is 5. The summed E-state index contributed by atoms with van der Waals surface area (Å²) in [6.07, 6.45) is 6.53. The number of benzene rings is 2. The molecule has 0 spiro atoms. The second-order valence-corrected chi connectivity index (χ2v) is 12.1. The van der Waals surface area contributed by atoms with Crippen molar-refractivity contribution in [1.29, 1.82) is 0 Å². The van der Waals surface area contributed by atoms with Gasteiger partial charge in [0.2, 0.25) is 0 Å². The molecule has 1 aromatic heterocycles. The van der Waals surface area contributed by atoms with Crippen LogP contribution in [0.4, 0.5) is 4.79 Å². The summed E-state index contributed by atoms with van der Waals surface area (Å²) >= 11 is 0. The van der Waals surface area contributed by atoms with Crippen molar-refractivity contribution in [3.05, 3.63) is 107 Å². The van der Waals surface area contributed by atoms with Crippen LogP contribution in [-0.4, -0.2) is 32.6 Å². The second-order valence-electron chi connectivity index (χ2n) is 12.1. The molecular weight excluding hydrogens is 498 g/mol. The molecule has 3 heterocycles. The molecule has 0 bridgehead atoms. The molecule has 0 radical (unpaired) electrons. The number of aromatic amines is 1. The van der Waals surface area contributed by atoms with Gasteiger partial charge in [-0.15, -0.1) is 0 Å². The molecular formula is C33H37N5O2. The molecule has 3 aromatic rings. The smallest absolute Gasteiger partial charge is 0.408 e. The molecule has 3 aliphatic rings. The minimum atomic E-state index is -0.532. The van der Waals surface area contributed by atoms with E-state index in [4.69, 9.17) is 9.73 Å². The van der Waals surface area contributed by atoms with Gasteiger partial charge in [-0.05, 0) is 87.8 Å². The maximum atomic E-state index is 12.7.